The van der Waals surface area contributed by atoms with Gasteiger partial charge in [0.25, 0.3) is 5.91 Å². The van der Waals surface area contributed by atoms with E-state index in [0.717, 1.165) is 44.6 Å². The maximum atomic E-state index is 12.2. The van der Waals surface area contributed by atoms with Gasteiger partial charge >= 0.3 is 0 Å². The van der Waals surface area contributed by atoms with Gasteiger partial charge in [0.05, 0.1) is 0 Å². The lowest BCUT2D eigenvalue weighted by atomic mass is 10.2. The first-order valence-corrected chi connectivity index (χ1v) is 8.47. The van der Waals surface area contributed by atoms with Crippen LogP contribution in [0.5, 0.6) is 0 Å². The van der Waals surface area contributed by atoms with Gasteiger partial charge in [0, 0.05) is 41.9 Å². The number of carbonyl (C=O) groups excluding carboxylic acids is 1. The van der Waals surface area contributed by atoms with Crippen molar-refractivity contribution in [3.63, 3.8) is 0 Å². The lowest BCUT2D eigenvalue weighted by Crippen LogP contribution is -2.44. The number of carbonyl (C=O) groups is 1. The van der Waals surface area contributed by atoms with Crippen LogP contribution >= 0.6 is 11.8 Å². The molecule has 0 unspecified atom stereocenters. The van der Waals surface area contributed by atoms with Crippen molar-refractivity contribution in [3.8, 4) is 0 Å². The molecule has 1 aromatic carbocycles. The Kier molecular flexibility index (Phi) is 5.92. The number of hydrogen-bond acceptors (Lipinski definition) is 3. The first-order chi connectivity index (χ1) is 9.83. The maximum Gasteiger partial charge on any atom is 0.253 e. The minimum absolute atomic E-state index is 0.189. The summed E-state index contributed by atoms with van der Waals surface area (Å²) < 4.78 is 0. The summed E-state index contributed by atoms with van der Waals surface area (Å²) in [6.45, 7) is 8.03. The van der Waals surface area contributed by atoms with Gasteiger partial charge in [-0.05, 0) is 37.1 Å². The van der Waals surface area contributed by atoms with Crippen molar-refractivity contribution >= 4 is 17.7 Å². The number of likely N-dealkylation sites (tertiary alicyclic amines) is 1. The maximum absolute atomic E-state index is 12.2. The average Bonchev–Trinajstić information content (AvgIpc) is 2.99. The number of hydrogen-bond donors (Lipinski definition) is 1. The van der Waals surface area contributed by atoms with Crippen LogP contribution in [0, 0.1) is 0 Å². The van der Waals surface area contributed by atoms with Crippen LogP contribution in [-0.2, 0) is 0 Å². The molecule has 2 fully saturated rings. The summed E-state index contributed by atoms with van der Waals surface area (Å²) >= 11 is 1.90. The van der Waals surface area contributed by atoms with E-state index < -0.39 is 0 Å². The summed E-state index contributed by atoms with van der Waals surface area (Å²) in [6.07, 6.45) is 2.29. The fourth-order valence-corrected chi connectivity index (χ4v) is 3.40. The third-order valence-electron chi connectivity index (χ3n) is 3.54. The van der Waals surface area contributed by atoms with Crippen LogP contribution in [0.15, 0.2) is 29.2 Å². The van der Waals surface area contributed by atoms with Gasteiger partial charge in [0.1, 0.15) is 0 Å². The molecule has 2 aliphatic rings. The molecule has 0 atom stereocenters. The van der Waals surface area contributed by atoms with E-state index in [1.54, 1.807) is 0 Å². The first-order valence-electron chi connectivity index (χ1n) is 7.59. The van der Waals surface area contributed by atoms with Gasteiger partial charge in [-0.3, -0.25) is 4.79 Å². The second-order valence-electron chi connectivity index (χ2n) is 4.92. The quantitative estimate of drug-likeness (QED) is 0.929. The molecule has 2 aliphatic heterocycles. The highest BCUT2D eigenvalue weighted by Crippen LogP contribution is 2.26. The molecule has 0 aliphatic carbocycles. The van der Waals surface area contributed by atoms with E-state index in [9.17, 15) is 4.79 Å². The number of rotatable bonds is 3. The van der Waals surface area contributed by atoms with Crippen molar-refractivity contribution in [3.05, 3.63) is 29.8 Å². The Morgan fingerprint density at radius 3 is 2.25 bits per heavy atom. The monoisotopic (exact) mass is 292 g/mol. The molecule has 1 amide bonds. The molecule has 2 saturated heterocycles. The molecule has 1 aromatic rings. The van der Waals surface area contributed by atoms with Gasteiger partial charge < -0.3 is 10.2 Å². The number of nitrogens with one attached hydrogen (secondary N) is 1. The summed E-state index contributed by atoms with van der Waals surface area (Å²) in [5.41, 5.74) is 0.827. The third kappa shape index (κ3) is 3.76. The van der Waals surface area contributed by atoms with Crippen LogP contribution in [0.25, 0.3) is 0 Å². The molecule has 110 valence electrons. The zero-order valence-corrected chi connectivity index (χ0v) is 13.2. The number of amides is 1. The second kappa shape index (κ2) is 7.70. The molecule has 0 spiro atoms. The molecule has 0 bridgehead atoms. The highest BCUT2D eigenvalue weighted by atomic mass is 32.2. The Morgan fingerprint density at radius 2 is 1.75 bits per heavy atom. The van der Waals surface area contributed by atoms with E-state index >= 15 is 0 Å². The van der Waals surface area contributed by atoms with Crippen molar-refractivity contribution in [2.24, 2.45) is 0 Å². The second-order valence-corrected chi connectivity index (χ2v) is 6.30. The van der Waals surface area contributed by atoms with E-state index in [1.807, 2.05) is 42.6 Å². The molecular weight excluding hydrogens is 268 g/mol. The Balaban J connectivity index is 0.000000704. The van der Waals surface area contributed by atoms with E-state index in [1.165, 1.54) is 4.90 Å². The zero-order valence-electron chi connectivity index (χ0n) is 12.4. The lowest BCUT2D eigenvalue weighted by molar-refractivity contribution is 0.0793. The van der Waals surface area contributed by atoms with Gasteiger partial charge in [0.15, 0.2) is 0 Å². The average molecular weight is 292 g/mol. The lowest BCUT2D eigenvalue weighted by Gasteiger charge is -2.26. The van der Waals surface area contributed by atoms with E-state index in [0.29, 0.717) is 5.25 Å². The predicted octanol–water partition coefficient (Wildman–Crippen LogP) is 3.01. The van der Waals surface area contributed by atoms with Crippen LogP contribution < -0.4 is 5.32 Å². The Morgan fingerprint density at radius 1 is 1.15 bits per heavy atom. The van der Waals surface area contributed by atoms with Crippen molar-refractivity contribution in [2.75, 3.05) is 26.2 Å². The Labute approximate surface area is 126 Å². The molecule has 0 aromatic heterocycles. The van der Waals surface area contributed by atoms with Gasteiger partial charge in [-0.25, -0.2) is 0 Å². The van der Waals surface area contributed by atoms with Crippen molar-refractivity contribution in [1.82, 2.24) is 10.2 Å². The van der Waals surface area contributed by atoms with Crippen molar-refractivity contribution in [1.29, 1.82) is 0 Å². The van der Waals surface area contributed by atoms with E-state index in [4.69, 9.17) is 0 Å². The Hall–Kier alpha value is -1.00. The first kappa shape index (κ1) is 15.4. The van der Waals surface area contributed by atoms with Gasteiger partial charge in [0.2, 0.25) is 0 Å². The number of benzene rings is 1. The van der Waals surface area contributed by atoms with Crippen molar-refractivity contribution in [2.45, 2.75) is 36.8 Å². The van der Waals surface area contributed by atoms with Crippen LogP contribution in [0.4, 0.5) is 0 Å². The molecular formula is C16H24N2OS. The minimum atomic E-state index is 0.189. The molecule has 20 heavy (non-hydrogen) atoms. The zero-order chi connectivity index (χ0) is 14.4. The Bertz CT molecular complexity index is 423. The van der Waals surface area contributed by atoms with E-state index in [2.05, 4.69) is 17.4 Å². The summed E-state index contributed by atoms with van der Waals surface area (Å²) in [5.74, 6) is 0.189. The molecule has 3 rings (SSSR count). The standard InChI is InChI=1S/C14H18N2OS.C2H6/c17-14(16-7-1-2-8-16)11-3-5-12(6-4-11)18-13-9-15-10-13;1-2/h3-6,13,15H,1-2,7-10H2;1-2H3. The van der Waals surface area contributed by atoms with Gasteiger partial charge in [-0.2, -0.15) is 0 Å². The van der Waals surface area contributed by atoms with Crippen LogP contribution in [-0.4, -0.2) is 42.2 Å². The number of thioether (sulfide) groups is 1. The fraction of sp³-hybridized carbons (Fsp3) is 0.562. The minimum Gasteiger partial charge on any atom is -0.339 e. The SMILES string of the molecule is CC.O=C(c1ccc(SC2CNC2)cc1)N1CCCC1. The summed E-state index contributed by atoms with van der Waals surface area (Å²) in [4.78, 5) is 15.4. The molecule has 4 heteroatoms. The molecule has 2 heterocycles. The topological polar surface area (TPSA) is 32.3 Å². The number of nitrogens with zero attached hydrogens (tertiary/aromatic N) is 1. The smallest absolute Gasteiger partial charge is 0.253 e. The summed E-state index contributed by atoms with van der Waals surface area (Å²) in [5, 5.41) is 3.97. The molecule has 1 N–H and O–H groups in total. The summed E-state index contributed by atoms with van der Waals surface area (Å²) in [7, 11) is 0. The third-order valence-corrected chi connectivity index (χ3v) is 4.75. The predicted molar refractivity (Wildman–Crippen MR) is 85.4 cm³/mol. The van der Waals surface area contributed by atoms with Crippen LogP contribution in [0.3, 0.4) is 0 Å². The highest BCUT2D eigenvalue weighted by Gasteiger charge is 2.20. The van der Waals surface area contributed by atoms with Crippen LogP contribution in [0.2, 0.25) is 0 Å². The van der Waals surface area contributed by atoms with Gasteiger partial charge in [-0.15, -0.1) is 11.8 Å². The fourth-order valence-electron chi connectivity index (χ4n) is 2.32. The highest BCUT2D eigenvalue weighted by molar-refractivity contribution is 8.00. The molecule has 0 saturated carbocycles. The normalized spacial score (nSPS) is 18.2. The summed E-state index contributed by atoms with van der Waals surface area (Å²) in [6, 6.07) is 8.09. The molecule has 3 nitrogen and oxygen atoms in total. The van der Waals surface area contributed by atoms with Crippen molar-refractivity contribution < 1.29 is 4.79 Å². The largest absolute Gasteiger partial charge is 0.339 e. The van der Waals surface area contributed by atoms with Gasteiger partial charge in [-0.1, -0.05) is 13.8 Å². The van der Waals surface area contributed by atoms with Crippen LogP contribution in [0.1, 0.15) is 37.0 Å². The van der Waals surface area contributed by atoms with E-state index in [-0.39, 0.29) is 5.91 Å². The molecule has 0 radical (unpaired) electrons.